The summed E-state index contributed by atoms with van der Waals surface area (Å²) in [5.74, 6) is 4.33. The van der Waals surface area contributed by atoms with Crippen LogP contribution in [0.4, 0.5) is 14.5 Å². The van der Waals surface area contributed by atoms with Gasteiger partial charge in [0.1, 0.15) is 6.61 Å². The Morgan fingerprint density at radius 3 is 2.67 bits per heavy atom. The van der Waals surface area contributed by atoms with E-state index in [9.17, 15) is 8.78 Å². The van der Waals surface area contributed by atoms with Crippen LogP contribution in [0.3, 0.4) is 0 Å². The molecule has 0 aliphatic rings. The number of rotatable bonds is 6. The number of halogens is 3. The number of benzene rings is 1. The first-order chi connectivity index (χ1) is 11.5. The molecular weight excluding hydrogens is 342 g/mol. The summed E-state index contributed by atoms with van der Waals surface area (Å²) >= 11 is 6.09. The lowest BCUT2D eigenvalue weighted by Crippen LogP contribution is -2.18. The molecule has 0 aliphatic carbocycles. The van der Waals surface area contributed by atoms with E-state index in [0.29, 0.717) is 17.0 Å². The molecule has 2 aromatic rings. The third-order valence-corrected chi connectivity index (χ3v) is 3.20. The van der Waals surface area contributed by atoms with E-state index in [1.165, 1.54) is 18.3 Å². The molecule has 9 heteroatoms. The standard InChI is InChI=1S/C14H13ClF2N2O.CH4N2O/c1-18-12-6-2-5-11(15)10(12)8-20-14-9(13(16)17)4-3-7-19-14;2-3-1-4/h2-7,13,18H,8H2,1H3;1H,2H2,(H,3,4). The lowest BCUT2D eigenvalue weighted by Gasteiger charge is -2.13. The van der Waals surface area contributed by atoms with E-state index in [0.717, 1.165) is 5.69 Å². The molecule has 1 aromatic carbocycles. The average Bonchev–Trinajstić information content (AvgIpc) is 2.60. The number of amides is 1. The van der Waals surface area contributed by atoms with Crippen molar-refractivity contribution in [2.45, 2.75) is 13.0 Å². The summed E-state index contributed by atoms with van der Waals surface area (Å²) in [6.07, 6.45) is -0.819. The van der Waals surface area contributed by atoms with Crippen molar-refractivity contribution in [1.29, 1.82) is 0 Å². The summed E-state index contributed by atoms with van der Waals surface area (Å²) in [4.78, 5) is 12.8. The van der Waals surface area contributed by atoms with E-state index in [1.54, 1.807) is 24.6 Å². The van der Waals surface area contributed by atoms with Crippen LogP contribution in [-0.2, 0) is 11.4 Å². The zero-order valence-corrected chi connectivity index (χ0v) is 13.6. The summed E-state index contributed by atoms with van der Waals surface area (Å²) in [7, 11) is 1.75. The predicted molar refractivity (Wildman–Crippen MR) is 87.9 cm³/mol. The first-order valence-electron chi connectivity index (χ1n) is 6.75. The monoisotopic (exact) mass is 358 g/mol. The number of ether oxygens (including phenoxy) is 1. The van der Waals surface area contributed by atoms with Gasteiger partial charge in [-0.1, -0.05) is 17.7 Å². The highest BCUT2D eigenvalue weighted by molar-refractivity contribution is 6.31. The molecule has 1 amide bonds. The minimum absolute atomic E-state index is 0.0621. The molecule has 0 spiro atoms. The molecule has 1 heterocycles. The van der Waals surface area contributed by atoms with Gasteiger partial charge >= 0.3 is 0 Å². The number of hydrogen-bond donors (Lipinski definition) is 3. The van der Waals surface area contributed by atoms with Crippen molar-refractivity contribution in [3.05, 3.63) is 52.7 Å². The van der Waals surface area contributed by atoms with Gasteiger partial charge < -0.3 is 10.1 Å². The third-order valence-electron chi connectivity index (χ3n) is 2.85. The number of carbonyl (C=O) groups is 1. The third kappa shape index (κ3) is 5.64. The largest absolute Gasteiger partial charge is 0.472 e. The van der Waals surface area contributed by atoms with Gasteiger partial charge in [0.05, 0.1) is 5.56 Å². The van der Waals surface area contributed by atoms with Crippen LogP contribution in [0.2, 0.25) is 5.02 Å². The molecule has 0 saturated carbocycles. The molecule has 0 aliphatic heterocycles. The fraction of sp³-hybridized carbons (Fsp3) is 0.200. The molecule has 0 fully saturated rings. The highest BCUT2D eigenvalue weighted by Crippen LogP contribution is 2.29. The number of pyridine rings is 1. The first-order valence-corrected chi connectivity index (χ1v) is 7.13. The quantitative estimate of drug-likeness (QED) is 0.320. The minimum atomic E-state index is -2.63. The van der Waals surface area contributed by atoms with E-state index in [1.807, 2.05) is 6.07 Å². The Hall–Kier alpha value is -2.45. The van der Waals surface area contributed by atoms with Gasteiger partial charge in [0.2, 0.25) is 12.3 Å². The zero-order chi connectivity index (χ0) is 17.9. The highest BCUT2D eigenvalue weighted by Gasteiger charge is 2.16. The smallest absolute Gasteiger partial charge is 0.269 e. The molecule has 6 nitrogen and oxygen atoms in total. The second-order valence-electron chi connectivity index (χ2n) is 4.29. The number of alkyl halides is 2. The number of anilines is 1. The van der Waals surface area contributed by atoms with Gasteiger partial charge in [0.15, 0.2) is 0 Å². The normalized spacial score (nSPS) is 9.75. The van der Waals surface area contributed by atoms with Crippen LogP contribution < -0.4 is 21.3 Å². The SMILES string of the molecule is CNc1cccc(Cl)c1COc1ncccc1C(F)F.NNC=O. The summed E-state index contributed by atoms with van der Waals surface area (Å²) in [6.45, 7) is 0.0621. The fourth-order valence-electron chi connectivity index (χ4n) is 1.77. The summed E-state index contributed by atoms with van der Waals surface area (Å²) in [6, 6.07) is 8.08. The molecule has 2 rings (SSSR count). The highest BCUT2D eigenvalue weighted by atomic mass is 35.5. The van der Waals surface area contributed by atoms with Gasteiger partial charge in [-0.05, 0) is 24.3 Å². The maximum absolute atomic E-state index is 12.8. The number of nitrogens with one attached hydrogen (secondary N) is 2. The molecule has 0 saturated heterocycles. The Morgan fingerprint density at radius 2 is 2.08 bits per heavy atom. The van der Waals surface area contributed by atoms with E-state index in [4.69, 9.17) is 21.1 Å². The van der Waals surface area contributed by atoms with Crippen molar-refractivity contribution >= 4 is 23.7 Å². The Bertz CT molecular complexity index is 659. The van der Waals surface area contributed by atoms with Crippen LogP contribution >= 0.6 is 11.6 Å². The average molecular weight is 359 g/mol. The summed E-state index contributed by atoms with van der Waals surface area (Å²) in [5.41, 5.74) is 3.00. The summed E-state index contributed by atoms with van der Waals surface area (Å²) in [5, 5.41) is 3.48. The van der Waals surface area contributed by atoms with Crippen LogP contribution in [0.1, 0.15) is 17.6 Å². The molecule has 1 aromatic heterocycles. The number of hydrazine groups is 1. The van der Waals surface area contributed by atoms with Crippen LogP contribution in [0.15, 0.2) is 36.5 Å². The van der Waals surface area contributed by atoms with Crippen LogP contribution in [-0.4, -0.2) is 18.4 Å². The van der Waals surface area contributed by atoms with Crippen LogP contribution in [0.5, 0.6) is 5.88 Å². The topological polar surface area (TPSA) is 89.3 Å². The van der Waals surface area contributed by atoms with Gasteiger partial charge in [-0.15, -0.1) is 0 Å². The lowest BCUT2D eigenvalue weighted by molar-refractivity contribution is -0.109. The molecule has 0 bridgehead atoms. The minimum Gasteiger partial charge on any atom is -0.472 e. The number of nitrogens with two attached hydrogens (primary N) is 1. The first kappa shape index (κ1) is 19.6. The van der Waals surface area contributed by atoms with Crippen molar-refractivity contribution in [3.8, 4) is 5.88 Å². The molecule has 0 radical (unpaired) electrons. The van der Waals surface area contributed by atoms with E-state index >= 15 is 0 Å². The van der Waals surface area contributed by atoms with E-state index in [2.05, 4.69) is 16.1 Å². The number of carbonyl (C=O) groups excluding carboxylic acids is 1. The summed E-state index contributed by atoms with van der Waals surface area (Å²) < 4.78 is 31.0. The zero-order valence-electron chi connectivity index (χ0n) is 12.8. The number of hydrogen-bond acceptors (Lipinski definition) is 5. The Morgan fingerprint density at radius 1 is 1.38 bits per heavy atom. The van der Waals surface area contributed by atoms with Crippen molar-refractivity contribution in [2.75, 3.05) is 12.4 Å². The van der Waals surface area contributed by atoms with Gasteiger partial charge in [0.25, 0.3) is 6.43 Å². The van der Waals surface area contributed by atoms with Gasteiger partial charge in [-0.25, -0.2) is 19.6 Å². The maximum atomic E-state index is 12.8. The Kier molecular flexibility index (Phi) is 8.45. The van der Waals surface area contributed by atoms with Crippen LogP contribution in [0, 0.1) is 0 Å². The number of nitrogens with zero attached hydrogens (tertiary/aromatic N) is 1. The van der Waals surface area contributed by atoms with Crippen LogP contribution in [0.25, 0.3) is 0 Å². The molecule has 130 valence electrons. The molecule has 24 heavy (non-hydrogen) atoms. The van der Waals surface area contributed by atoms with E-state index < -0.39 is 6.43 Å². The van der Waals surface area contributed by atoms with Gasteiger partial charge in [-0.3, -0.25) is 10.2 Å². The Balaban J connectivity index is 0.000000648. The van der Waals surface area contributed by atoms with Crippen molar-refractivity contribution in [1.82, 2.24) is 10.4 Å². The van der Waals surface area contributed by atoms with Crippen molar-refractivity contribution < 1.29 is 18.3 Å². The molecule has 0 atom stereocenters. The fourth-order valence-corrected chi connectivity index (χ4v) is 2.00. The Labute approximate surface area is 142 Å². The van der Waals surface area contributed by atoms with E-state index in [-0.39, 0.29) is 18.1 Å². The second-order valence-corrected chi connectivity index (χ2v) is 4.69. The van der Waals surface area contributed by atoms with Gasteiger partial charge in [-0.2, -0.15) is 0 Å². The van der Waals surface area contributed by atoms with Crippen molar-refractivity contribution in [3.63, 3.8) is 0 Å². The second kappa shape index (κ2) is 10.3. The molecule has 4 N–H and O–H groups in total. The van der Waals surface area contributed by atoms with Gasteiger partial charge in [0, 0.05) is 29.5 Å². The molecule has 0 unspecified atom stereocenters. The van der Waals surface area contributed by atoms with Crippen molar-refractivity contribution in [2.24, 2.45) is 5.84 Å². The number of aromatic nitrogens is 1. The predicted octanol–water partition coefficient (Wildman–Crippen LogP) is 2.90. The molecular formula is C15H17ClF2N4O2. The maximum Gasteiger partial charge on any atom is 0.269 e. The lowest BCUT2D eigenvalue weighted by atomic mass is 10.2.